The maximum absolute atomic E-state index is 11.2. The van der Waals surface area contributed by atoms with E-state index in [0.717, 1.165) is 25.9 Å². The Morgan fingerprint density at radius 1 is 1.43 bits per heavy atom. The van der Waals surface area contributed by atoms with Crippen LogP contribution in [0.15, 0.2) is 0 Å². The molecule has 0 bridgehead atoms. The zero-order valence-electron chi connectivity index (χ0n) is 10.2. The molecule has 0 aliphatic heterocycles. The van der Waals surface area contributed by atoms with Crippen molar-refractivity contribution in [3.8, 4) is 0 Å². The highest BCUT2D eigenvalue weighted by Crippen LogP contribution is 2.24. The molecule has 0 aromatic rings. The van der Waals surface area contributed by atoms with Crippen molar-refractivity contribution in [1.82, 2.24) is 0 Å². The van der Waals surface area contributed by atoms with Gasteiger partial charge in [-0.1, -0.05) is 13.8 Å². The third-order valence-corrected chi connectivity index (χ3v) is 2.82. The molecule has 0 heterocycles. The average molecular weight is 200 g/mol. The van der Waals surface area contributed by atoms with E-state index in [1.165, 1.54) is 0 Å². The molecule has 1 unspecified atom stereocenters. The van der Waals surface area contributed by atoms with Gasteiger partial charge in [-0.3, -0.25) is 4.79 Å². The van der Waals surface area contributed by atoms with Crippen LogP contribution in [-0.2, 0) is 9.53 Å². The fraction of sp³-hybridized carbons (Fsp3) is 0.917. The molecule has 2 nitrogen and oxygen atoms in total. The van der Waals surface area contributed by atoms with E-state index >= 15 is 0 Å². The predicted octanol–water partition coefficient (Wildman–Crippen LogP) is 3.20. The van der Waals surface area contributed by atoms with E-state index in [-0.39, 0.29) is 11.2 Å². The summed E-state index contributed by atoms with van der Waals surface area (Å²) in [6, 6.07) is 0. The quantitative estimate of drug-likeness (QED) is 0.631. The molecule has 0 N–H and O–H groups in total. The Morgan fingerprint density at radius 3 is 2.43 bits per heavy atom. The average Bonchev–Trinajstić information content (AvgIpc) is 2.04. The number of ketones is 1. The first-order valence-electron chi connectivity index (χ1n) is 5.52. The van der Waals surface area contributed by atoms with Crippen LogP contribution < -0.4 is 0 Å². The third kappa shape index (κ3) is 5.38. The molecule has 0 saturated carbocycles. The highest BCUT2D eigenvalue weighted by molar-refractivity contribution is 5.81. The minimum Gasteiger partial charge on any atom is -0.379 e. The topological polar surface area (TPSA) is 26.3 Å². The Labute approximate surface area is 88.0 Å². The van der Waals surface area contributed by atoms with Crippen LogP contribution in [0.5, 0.6) is 0 Å². The standard InChI is InChI=1S/C12H24O2/c1-6-14-10(2)8-7-9-12(4,5)11(3)13/h10H,6-9H2,1-5H3. The Bertz CT molecular complexity index is 173. The number of carbonyl (C=O) groups excluding carboxylic acids is 1. The van der Waals surface area contributed by atoms with Crippen LogP contribution in [0.1, 0.15) is 53.9 Å². The summed E-state index contributed by atoms with van der Waals surface area (Å²) in [5.74, 6) is 0.279. The van der Waals surface area contributed by atoms with Crippen molar-refractivity contribution in [1.29, 1.82) is 0 Å². The van der Waals surface area contributed by atoms with E-state index < -0.39 is 0 Å². The summed E-state index contributed by atoms with van der Waals surface area (Å²) < 4.78 is 5.43. The molecule has 14 heavy (non-hydrogen) atoms. The lowest BCUT2D eigenvalue weighted by atomic mass is 9.83. The Hall–Kier alpha value is -0.370. The molecule has 0 aliphatic rings. The van der Waals surface area contributed by atoms with Gasteiger partial charge in [0.25, 0.3) is 0 Å². The molecule has 0 rings (SSSR count). The van der Waals surface area contributed by atoms with Crippen molar-refractivity contribution >= 4 is 5.78 Å². The van der Waals surface area contributed by atoms with Gasteiger partial charge in [-0.05, 0) is 40.0 Å². The lowest BCUT2D eigenvalue weighted by molar-refractivity contribution is -0.125. The summed E-state index contributed by atoms with van der Waals surface area (Å²) in [7, 11) is 0. The van der Waals surface area contributed by atoms with Gasteiger partial charge in [0, 0.05) is 12.0 Å². The molecule has 0 aromatic carbocycles. The second-order valence-electron chi connectivity index (χ2n) is 4.60. The number of carbonyl (C=O) groups is 1. The van der Waals surface area contributed by atoms with E-state index in [1.807, 2.05) is 20.8 Å². The predicted molar refractivity (Wildman–Crippen MR) is 59.4 cm³/mol. The van der Waals surface area contributed by atoms with Gasteiger partial charge in [0.2, 0.25) is 0 Å². The number of hydrogen-bond acceptors (Lipinski definition) is 2. The molecule has 1 atom stereocenters. The number of Topliss-reactive ketones (excluding diaryl/α,β-unsaturated/α-hetero) is 1. The van der Waals surface area contributed by atoms with Gasteiger partial charge in [-0.15, -0.1) is 0 Å². The van der Waals surface area contributed by atoms with E-state index in [1.54, 1.807) is 6.92 Å². The second kappa shape index (κ2) is 6.18. The van der Waals surface area contributed by atoms with Crippen LogP contribution in [0.25, 0.3) is 0 Å². The number of ether oxygens (including phenoxy) is 1. The molecule has 84 valence electrons. The van der Waals surface area contributed by atoms with E-state index in [9.17, 15) is 4.79 Å². The van der Waals surface area contributed by atoms with Crippen LogP contribution >= 0.6 is 0 Å². The molecule has 0 radical (unpaired) electrons. The van der Waals surface area contributed by atoms with Gasteiger partial charge in [-0.25, -0.2) is 0 Å². The molecule has 0 saturated heterocycles. The fourth-order valence-electron chi connectivity index (χ4n) is 1.38. The summed E-state index contributed by atoms with van der Waals surface area (Å²) in [6.07, 6.45) is 3.39. The van der Waals surface area contributed by atoms with Crippen LogP contribution in [0.4, 0.5) is 0 Å². The van der Waals surface area contributed by atoms with Gasteiger partial charge in [0.05, 0.1) is 6.10 Å². The first kappa shape index (κ1) is 13.6. The normalized spacial score (nSPS) is 14.1. The van der Waals surface area contributed by atoms with Crippen molar-refractivity contribution in [3.05, 3.63) is 0 Å². The van der Waals surface area contributed by atoms with Gasteiger partial charge in [0.1, 0.15) is 5.78 Å². The zero-order valence-corrected chi connectivity index (χ0v) is 10.2. The Morgan fingerprint density at radius 2 is 2.00 bits per heavy atom. The van der Waals surface area contributed by atoms with Gasteiger partial charge in [0.15, 0.2) is 0 Å². The summed E-state index contributed by atoms with van der Waals surface area (Å²) in [4.78, 5) is 11.2. The molecule has 0 amide bonds. The minimum atomic E-state index is -0.161. The first-order valence-corrected chi connectivity index (χ1v) is 5.52. The SMILES string of the molecule is CCOC(C)CCCC(C)(C)C(C)=O. The zero-order chi connectivity index (χ0) is 11.2. The fourth-order valence-corrected chi connectivity index (χ4v) is 1.38. The monoisotopic (exact) mass is 200 g/mol. The third-order valence-electron chi connectivity index (χ3n) is 2.82. The van der Waals surface area contributed by atoms with Crippen LogP contribution in [0.3, 0.4) is 0 Å². The largest absolute Gasteiger partial charge is 0.379 e. The summed E-state index contributed by atoms with van der Waals surface area (Å²) in [5.41, 5.74) is -0.161. The Kier molecular flexibility index (Phi) is 6.01. The van der Waals surface area contributed by atoms with Crippen LogP contribution in [0, 0.1) is 5.41 Å². The van der Waals surface area contributed by atoms with Crippen LogP contribution in [-0.4, -0.2) is 18.5 Å². The van der Waals surface area contributed by atoms with Gasteiger partial charge < -0.3 is 4.74 Å². The van der Waals surface area contributed by atoms with Gasteiger partial charge >= 0.3 is 0 Å². The second-order valence-corrected chi connectivity index (χ2v) is 4.60. The molecule has 0 spiro atoms. The van der Waals surface area contributed by atoms with E-state index in [4.69, 9.17) is 4.74 Å². The molecular weight excluding hydrogens is 176 g/mol. The van der Waals surface area contributed by atoms with Crippen molar-refractivity contribution in [3.63, 3.8) is 0 Å². The Balaban J connectivity index is 3.68. The van der Waals surface area contributed by atoms with Crippen molar-refractivity contribution < 1.29 is 9.53 Å². The molecule has 2 heteroatoms. The molecule has 0 fully saturated rings. The van der Waals surface area contributed by atoms with E-state index in [2.05, 4.69) is 6.92 Å². The summed E-state index contributed by atoms with van der Waals surface area (Å²) >= 11 is 0. The van der Waals surface area contributed by atoms with Crippen molar-refractivity contribution in [2.75, 3.05) is 6.61 Å². The van der Waals surface area contributed by atoms with E-state index in [0.29, 0.717) is 6.10 Å². The maximum Gasteiger partial charge on any atom is 0.135 e. The van der Waals surface area contributed by atoms with Gasteiger partial charge in [-0.2, -0.15) is 0 Å². The highest BCUT2D eigenvalue weighted by Gasteiger charge is 2.22. The van der Waals surface area contributed by atoms with Crippen LogP contribution in [0.2, 0.25) is 0 Å². The smallest absolute Gasteiger partial charge is 0.135 e. The van der Waals surface area contributed by atoms with Crippen molar-refractivity contribution in [2.24, 2.45) is 5.41 Å². The lowest BCUT2D eigenvalue weighted by Crippen LogP contribution is -2.21. The van der Waals surface area contributed by atoms with Crippen molar-refractivity contribution in [2.45, 2.75) is 60.0 Å². The highest BCUT2D eigenvalue weighted by atomic mass is 16.5. The summed E-state index contributed by atoms with van der Waals surface area (Å²) in [6.45, 7) is 10.6. The number of rotatable bonds is 7. The molecule has 0 aromatic heterocycles. The lowest BCUT2D eigenvalue weighted by Gasteiger charge is -2.21. The molecular formula is C12H24O2. The maximum atomic E-state index is 11.2. The first-order chi connectivity index (χ1) is 6.40. The molecule has 0 aliphatic carbocycles. The minimum absolute atomic E-state index is 0.161. The number of hydrogen-bond donors (Lipinski definition) is 0. The summed E-state index contributed by atoms with van der Waals surface area (Å²) in [5, 5.41) is 0.